The van der Waals surface area contributed by atoms with Crippen LogP contribution >= 0.6 is 0 Å². The van der Waals surface area contributed by atoms with Crippen molar-refractivity contribution in [2.45, 2.75) is 38.1 Å². The van der Waals surface area contributed by atoms with Crippen LogP contribution in [0.15, 0.2) is 30.3 Å². The molecule has 0 amide bonds. The minimum absolute atomic E-state index is 0.0541. The first-order valence-electron chi connectivity index (χ1n) is 6.16. The highest BCUT2D eigenvalue weighted by Gasteiger charge is 2.45. The lowest BCUT2D eigenvalue weighted by Gasteiger charge is -2.25. The molecule has 2 aliphatic carbocycles. The first-order valence-corrected chi connectivity index (χ1v) is 6.16. The van der Waals surface area contributed by atoms with Gasteiger partial charge in [0.25, 0.3) is 0 Å². The molecule has 86 valence electrons. The van der Waals surface area contributed by atoms with Crippen LogP contribution in [0, 0.1) is 11.8 Å². The molecule has 2 fully saturated rings. The minimum atomic E-state index is -0.0541. The van der Waals surface area contributed by atoms with Crippen LogP contribution in [0.2, 0.25) is 0 Å². The largest absolute Gasteiger partial charge is 0.393 e. The zero-order valence-corrected chi connectivity index (χ0v) is 9.38. The van der Waals surface area contributed by atoms with Gasteiger partial charge in [-0.2, -0.15) is 0 Å². The molecule has 2 nitrogen and oxygen atoms in total. The second-order valence-electron chi connectivity index (χ2n) is 5.13. The predicted molar refractivity (Wildman–Crippen MR) is 61.9 cm³/mol. The Hall–Kier alpha value is -0.860. The first-order chi connectivity index (χ1) is 7.83. The molecule has 2 saturated carbocycles. The van der Waals surface area contributed by atoms with E-state index in [-0.39, 0.29) is 6.10 Å². The van der Waals surface area contributed by atoms with Crippen LogP contribution in [-0.4, -0.2) is 17.3 Å². The maximum absolute atomic E-state index is 9.67. The fourth-order valence-corrected chi connectivity index (χ4v) is 3.17. The van der Waals surface area contributed by atoms with Crippen molar-refractivity contribution in [2.75, 3.05) is 0 Å². The summed E-state index contributed by atoms with van der Waals surface area (Å²) >= 11 is 0. The number of aliphatic hydroxyl groups is 1. The van der Waals surface area contributed by atoms with Gasteiger partial charge in [0.15, 0.2) is 0 Å². The quantitative estimate of drug-likeness (QED) is 0.844. The van der Waals surface area contributed by atoms with Crippen molar-refractivity contribution >= 4 is 0 Å². The van der Waals surface area contributed by atoms with Gasteiger partial charge >= 0.3 is 0 Å². The van der Waals surface area contributed by atoms with E-state index in [0.29, 0.717) is 24.5 Å². The zero-order valence-electron chi connectivity index (χ0n) is 9.38. The molecule has 4 atom stereocenters. The van der Waals surface area contributed by atoms with Gasteiger partial charge in [-0.1, -0.05) is 30.3 Å². The highest BCUT2D eigenvalue weighted by Crippen LogP contribution is 2.46. The van der Waals surface area contributed by atoms with E-state index in [1.165, 1.54) is 12.0 Å². The fourth-order valence-electron chi connectivity index (χ4n) is 3.17. The van der Waals surface area contributed by atoms with Gasteiger partial charge < -0.3 is 9.84 Å². The van der Waals surface area contributed by atoms with Crippen molar-refractivity contribution in [1.82, 2.24) is 0 Å². The summed E-state index contributed by atoms with van der Waals surface area (Å²) in [5.41, 5.74) is 1.24. The van der Waals surface area contributed by atoms with Crippen LogP contribution in [-0.2, 0) is 11.3 Å². The molecular formula is C14H18O2. The average Bonchev–Trinajstić information content (AvgIpc) is 2.86. The van der Waals surface area contributed by atoms with Gasteiger partial charge in [0.2, 0.25) is 0 Å². The zero-order chi connectivity index (χ0) is 11.0. The van der Waals surface area contributed by atoms with E-state index in [9.17, 15) is 5.11 Å². The number of benzene rings is 1. The molecule has 2 heteroatoms. The van der Waals surface area contributed by atoms with Crippen molar-refractivity contribution in [1.29, 1.82) is 0 Å². The molecule has 0 saturated heterocycles. The molecule has 1 N–H and O–H groups in total. The Kier molecular flexibility index (Phi) is 2.70. The van der Waals surface area contributed by atoms with Crippen molar-refractivity contribution in [3.8, 4) is 0 Å². The molecule has 0 aliphatic heterocycles. The maximum Gasteiger partial charge on any atom is 0.0720 e. The lowest BCUT2D eigenvalue weighted by atomic mass is 9.95. The Balaban J connectivity index is 1.54. The standard InChI is InChI=1S/C14H18O2/c15-13-7-12-6-11(13)8-14(12)16-9-10-4-2-1-3-5-10/h1-5,11-15H,6-9H2/t11-,12-,13-,14+/m1/s1. The van der Waals surface area contributed by atoms with Crippen LogP contribution in [0.4, 0.5) is 0 Å². The number of hydrogen-bond donors (Lipinski definition) is 1. The normalized spacial score (nSPS) is 36.8. The molecule has 0 heterocycles. The predicted octanol–water partition coefficient (Wildman–Crippen LogP) is 2.36. The SMILES string of the molecule is O[C@@H]1C[C@H]2C[C@@H]1C[C@@H]2OCc1ccccc1. The summed E-state index contributed by atoms with van der Waals surface area (Å²) in [6.07, 6.45) is 3.50. The Morgan fingerprint density at radius 2 is 1.88 bits per heavy atom. The topological polar surface area (TPSA) is 29.5 Å². The van der Waals surface area contributed by atoms with Crippen LogP contribution in [0.25, 0.3) is 0 Å². The monoisotopic (exact) mass is 218 g/mol. The van der Waals surface area contributed by atoms with E-state index in [0.717, 1.165) is 12.8 Å². The molecule has 0 unspecified atom stereocenters. The lowest BCUT2D eigenvalue weighted by molar-refractivity contribution is -0.0200. The van der Waals surface area contributed by atoms with E-state index in [2.05, 4.69) is 12.1 Å². The number of hydrogen-bond acceptors (Lipinski definition) is 2. The summed E-state index contributed by atoms with van der Waals surface area (Å²) in [6, 6.07) is 10.3. The number of fused-ring (bicyclic) bond motifs is 2. The van der Waals surface area contributed by atoms with Crippen molar-refractivity contribution in [2.24, 2.45) is 11.8 Å². The number of ether oxygens (including phenoxy) is 1. The summed E-state index contributed by atoms with van der Waals surface area (Å²) in [5.74, 6) is 1.11. The van der Waals surface area contributed by atoms with Gasteiger partial charge in [-0.15, -0.1) is 0 Å². The fraction of sp³-hybridized carbons (Fsp3) is 0.571. The second kappa shape index (κ2) is 4.19. The van der Waals surface area contributed by atoms with Gasteiger partial charge in [-0.05, 0) is 36.7 Å². The summed E-state index contributed by atoms with van der Waals surface area (Å²) in [6.45, 7) is 0.713. The molecule has 0 aromatic heterocycles. The highest BCUT2D eigenvalue weighted by molar-refractivity contribution is 5.13. The summed E-state index contributed by atoms with van der Waals surface area (Å²) in [7, 11) is 0. The van der Waals surface area contributed by atoms with Gasteiger partial charge in [-0.3, -0.25) is 0 Å². The second-order valence-corrected chi connectivity index (χ2v) is 5.13. The number of rotatable bonds is 3. The summed E-state index contributed by atoms with van der Waals surface area (Å²) < 4.78 is 5.96. The Labute approximate surface area is 96.2 Å². The first kappa shape index (κ1) is 10.3. The van der Waals surface area contributed by atoms with E-state index in [4.69, 9.17) is 4.74 Å². The van der Waals surface area contributed by atoms with E-state index >= 15 is 0 Å². The molecule has 2 bridgehead atoms. The molecular weight excluding hydrogens is 200 g/mol. The minimum Gasteiger partial charge on any atom is -0.393 e. The summed E-state index contributed by atoms with van der Waals surface area (Å²) in [5, 5.41) is 9.67. The molecule has 0 spiro atoms. The van der Waals surface area contributed by atoms with Crippen molar-refractivity contribution in [3.63, 3.8) is 0 Å². The van der Waals surface area contributed by atoms with Gasteiger partial charge in [0, 0.05) is 0 Å². The average molecular weight is 218 g/mol. The molecule has 16 heavy (non-hydrogen) atoms. The van der Waals surface area contributed by atoms with Gasteiger partial charge in [-0.25, -0.2) is 0 Å². The molecule has 0 radical (unpaired) electrons. The molecule has 1 aromatic carbocycles. The van der Waals surface area contributed by atoms with Crippen molar-refractivity contribution in [3.05, 3.63) is 35.9 Å². The van der Waals surface area contributed by atoms with Crippen LogP contribution in [0.3, 0.4) is 0 Å². The summed E-state index contributed by atoms with van der Waals surface area (Å²) in [4.78, 5) is 0. The molecule has 3 rings (SSSR count). The Morgan fingerprint density at radius 3 is 2.50 bits per heavy atom. The smallest absolute Gasteiger partial charge is 0.0720 e. The maximum atomic E-state index is 9.67. The Morgan fingerprint density at radius 1 is 1.06 bits per heavy atom. The van der Waals surface area contributed by atoms with E-state index < -0.39 is 0 Å². The van der Waals surface area contributed by atoms with Gasteiger partial charge in [0.05, 0.1) is 18.8 Å². The number of aliphatic hydroxyl groups excluding tert-OH is 1. The third-order valence-corrected chi connectivity index (χ3v) is 4.06. The highest BCUT2D eigenvalue weighted by atomic mass is 16.5. The van der Waals surface area contributed by atoms with Crippen LogP contribution < -0.4 is 0 Å². The lowest BCUT2D eigenvalue weighted by Crippen LogP contribution is -2.27. The molecule has 2 aliphatic rings. The van der Waals surface area contributed by atoms with Crippen LogP contribution in [0.1, 0.15) is 24.8 Å². The Bertz CT molecular complexity index is 347. The third-order valence-electron chi connectivity index (χ3n) is 4.06. The van der Waals surface area contributed by atoms with E-state index in [1.54, 1.807) is 0 Å². The third kappa shape index (κ3) is 1.87. The van der Waals surface area contributed by atoms with Crippen molar-refractivity contribution < 1.29 is 9.84 Å². The van der Waals surface area contributed by atoms with Gasteiger partial charge in [0.1, 0.15) is 0 Å². The van der Waals surface area contributed by atoms with Crippen LogP contribution in [0.5, 0.6) is 0 Å². The van der Waals surface area contributed by atoms with E-state index in [1.807, 2.05) is 18.2 Å². The molecule has 1 aromatic rings.